The van der Waals surface area contributed by atoms with Crippen LogP contribution in [0.5, 0.6) is 0 Å². The van der Waals surface area contributed by atoms with Gasteiger partial charge in [0.05, 0.1) is 19.3 Å². The number of amides is 1. The van der Waals surface area contributed by atoms with Crippen LogP contribution < -0.4 is 5.32 Å². The highest BCUT2D eigenvalue weighted by Crippen LogP contribution is 2.21. The summed E-state index contributed by atoms with van der Waals surface area (Å²) in [5.41, 5.74) is 2.00. The first-order valence-electron chi connectivity index (χ1n) is 7.65. The van der Waals surface area contributed by atoms with Crippen LogP contribution in [0.3, 0.4) is 0 Å². The molecule has 0 spiro atoms. The second kappa shape index (κ2) is 7.90. The van der Waals surface area contributed by atoms with E-state index in [1.165, 1.54) is 0 Å². The van der Waals surface area contributed by atoms with E-state index in [9.17, 15) is 4.79 Å². The van der Waals surface area contributed by atoms with Crippen molar-refractivity contribution in [2.45, 2.75) is 6.10 Å². The van der Waals surface area contributed by atoms with E-state index in [1.807, 2.05) is 42.5 Å². The number of benzene rings is 2. The van der Waals surface area contributed by atoms with Crippen LogP contribution >= 0.6 is 22.6 Å². The average Bonchev–Trinajstić information content (AvgIpc) is 2.58. The molecule has 5 heteroatoms. The summed E-state index contributed by atoms with van der Waals surface area (Å²) in [4.78, 5) is 14.4. The smallest absolute Gasteiger partial charge is 0.238 e. The van der Waals surface area contributed by atoms with Gasteiger partial charge in [0.15, 0.2) is 0 Å². The molecule has 1 amide bonds. The minimum atomic E-state index is 0.0138. The van der Waals surface area contributed by atoms with Crippen molar-refractivity contribution in [1.29, 1.82) is 0 Å². The standard InChI is InChI=1S/C18H19IN2O2/c19-15-6-8-16(9-7-15)20-18(22)13-21-10-11-23-17(12-21)14-4-2-1-3-5-14/h1-9,17H,10-13H2,(H,20,22). The van der Waals surface area contributed by atoms with Crippen LogP contribution in [-0.4, -0.2) is 37.0 Å². The maximum atomic E-state index is 12.2. The van der Waals surface area contributed by atoms with E-state index in [4.69, 9.17) is 4.74 Å². The summed E-state index contributed by atoms with van der Waals surface area (Å²) in [7, 11) is 0. The Hall–Kier alpha value is -1.44. The summed E-state index contributed by atoms with van der Waals surface area (Å²) in [5, 5.41) is 2.95. The zero-order valence-electron chi connectivity index (χ0n) is 12.7. The van der Waals surface area contributed by atoms with Crippen molar-refractivity contribution in [3.05, 3.63) is 63.7 Å². The van der Waals surface area contributed by atoms with Gasteiger partial charge in [0.1, 0.15) is 0 Å². The van der Waals surface area contributed by atoms with Crippen LogP contribution in [0.1, 0.15) is 11.7 Å². The van der Waals surface area contributed by atoms with Crippen LogP contribution in [-0.2, 0) is 9.53 Å². The first-order valence-corrected chi connectivity index (χ1v) is 8.73. The van der Waals surface area contributed by atoms with Gasteiger partial charge in [-0.2, -0.15) is 0 Å². The number of anilines is 1. The summed E-state index contributed by atoms with van der Waals surface area (Å²) in [6.07, 6.45) is 0.0380. The fourth-order valence-corrected chi connectivity index (χ4v) is 3.01. The van der Waals surface area contributed by atoms with Crippen molar-refractivity contribution < 1.29 is 9.53 Å². The van der Waals surface area contributed by atoms with Crippen molar-refractivity contribution in [2.24, 2.45) is 0 Å². The van der Waals surface area contributed by atoms with E-state index in [2.05, 4.69) is 44.9 Å². The van der Waals surface area contributed by atoms with Crippen molar-refractivity contribution in [1.82, 2.24) is 4.90 Å². The van der Waals surface area contributed by atoms with Gasteiger partial charge in [0.2, 0.25) is 5.91 Å². The molecule has 1 unspecified atom stereocenters. The molecule has 1 fully saturated rings. The topological polar surface area (TPSA) is 41.6 Å². The number of carbonyl (C=O) groups is 1. The predicted molar refractivity (Wildman–Crippen MR) is 99.4 cm³/mol. The molecule has 1 aliphatic rings. The van der Waals surface area contributed by atoms with Gasteiger partial charge in [0, 0.05) is 22.3 Å². The lowest BCUT2D eigenvalue weighted by atomic mass is 10.1. The molecule has 4 nitrogen and oxygen atoms in total. The molecule has 2 aromatic carbocycles. The third-order valence-corrected chi connectivity index (χ3v) is 4.54. The summed E-state index contributed by atoms with van der Waals surface area (Å²) < 4.78 is 6.99. The minimum Gasteiger partial charge on any atom is -0.371 e. The average molecular weight is 422 g/mol. The SMILES string of the molecule is O=C(CN1CCOC(c2ccccc2)C1)Nc1ccc(I)cc1. The van der Waals surface area contributed by atoms with E-state index in [-0.39, 0.29) is 12.0 Å². The quantitative estimate of drug-likeness (QED) is 0.770. The number of hydrogen-bond donors (Lipinski definition) is 1. The maximum Gasteiger partial charge on any atom is 0.238 e. The Morgan fingerprint density at radius 3 is 2.65 bits per heavy atom. The molecule has 1 saturated heterocycles. The largest absolute Gasteiger partial charge is 0.371 e. The fraction of sp³-hybridized carbons (Fsp3) is 0.278. The normalized spacial score (nSPS) is 18.6. The number of ether oxygens (including phenoxy) is 1. The van der Waals surface area contributed by atoms with Gasteiger partial charge in [-0.3, -0.25) is 9.69 Å². The van der Waals surface area contributed by atoms with E-state index in [1.54, 1.807) is 0 Å². The van der Waals surface area contributed by atoms with Gasteiger partial charge < -0.3 is 10.1 Å². The first kappa shape index (κ1) is 16.4. The van der Waals surface area contributed by atoms with Gasteiger partial charge >= 0.3 is 0 Å². The van der Waals surface area contributed by atoms with E-state index >= 15 is 0 Å². The Morgan fingerprint density at radius 2 is 1.91 bits per heavy atom. The van der Waals surface area contributed by atoms with Crippen LogP contribution in [0, 0.1) is 3.57 Å². The van der Waals surface area contributed by atoms with Crippen LogP contribution in [0.4, 0.5) is 5.69 Å². The monoisotopic (exact) mass is 422 g/mol. The van der Waals surface area contributed by atoms with Gasteiger partial charge in [-0.1, -0.05) is 30.3 Å². The second-order valence-corrected chi connectivity index (χ2v) is 6.81. The van der Waals surface area contributed by atoms with Gasteiger partial charge in [-0.15, -0.1) is 0 Å². The number of hydrogen-bond acceptors (Lipinski definition) is 3. The lowest BCUT2D eigenvalue weighted by Gasteiger charge is -2.32. The minimum absolute atomic E-state index is 0.0138. The van der Waals surface area contributed by atoms with Gasteiger partial charge in [0.25, 0.3) is 0 Å². The number of morpholine rings is 1. The van der Waals surface area contributed by atoms with E-state index in [0.29, 0.717) is 13.2 Å². The van der Waals surface area contributed by atoms with Gasteiger partial charge in [-0.25, -0.2) is 0 Å². The molecule has 1 atom stereocenters. The Kier molecular flexibility index (Phi) is 5.64. The van der Waals surface area contributed by atoms with Crippen molar-refractivity contribution in [3.8, 4) is 0 Å². The summed E-state index contributed by atoms with van der Waals surface area (Å²) >= 11 is 2.25. The summed E-state index contributed by atoms with van der Waals surface area (Å²) in [6.45, 7) is 2.56. The summed E-state index contributed by atoms with van der Waals surface area (Å²) in [5.74, 6) is 0.0138. The second-order valence-electron chi connectivity index (χ2n) is 5.56. The molecule has 3 rings (SSSR count). The number of halogens is 1. The Labute approximate surface area is 150 Å². The number of carbonyl (C=O) groups excluding carboxylic acids is 1. The maximum absolute atomic E-state index is 12.2. The van der Waals surface area contributed by atoms with Crippen LogP contribution in [0.15, 0.2) is 54.6 Å². The molecular formula is C18H19IN2O2. The van der Waals surface area contributed by atoms with Gasteiger partial charge in [-0.05, 0) is 52.4 Å². The van der Waals surface area contributed by atoms with Crippen molar-refractivity contribution in [3.63, 3.8) is 0 Å². The molecule has 0 aromatic heterocycles. The molecule has 1 N–H and O–H groups in total. The molecule has 23 heavy (non-hydrogen) atoms. The zero-order chi connectivity index (χ0) is 16.1. The highest BCUT2D eigenvalue weighted by molar-refractivity contribution is 14.1. The number of nitrogens with zero attached hydrogens (tertiary/aromatic N) is 1. The first-order chi connectivity index (χ1) is 11.2. The van der Waals surface area contributed by atoms with Crippen LogP contribution in [0.2, 0.25) is 0 Å². The molecule has 120 valence electrons. The summed E-state index contributed by atoms with van der Waals surface area (Å²) in [6, 6.07) is 18.0. The predicted octanol–water partition coefficient (Wildman–Crippen LogP) is 3.30. The Balaban J connectivity index is 1.55. The molecule has 1 heterocycles. The molecule has 0 radical (unpaired) electrons. The highest BCUT2D eigenvalue weighted by Gasteiger charge is 2.23. The molecule has 2 aromatic rings. The molecular weight excluding hydrogens is 403 g/mol. The van der Waals surface area contributed by atoms with Crippen molar-refractivity contribution in [2.75, 3.05) is 31.6 Å². The third-order valence-electron chi connectivity index (χ3n) is 3.82. The number of rotatable bonds is 4. The van der Waals surface area contributed by atoms with E-state index < -0.39 is 0 Å². The zero-order valence-corrected chi connectivity index (χ0v) is 14.9. The lowest BCUT2D eigenvalue weighted by molar-refractivity contribution is -0.119. The lowest BCUT2D eigenvalue weighted by Crippen LogP contribution is -2.42. The Bertz CT molecular complexity index is 646. The Morgan fingerprint density at radius 1 is 1.17 bits per heavy atom. The highest BCUT2D eigenvalue weighted by atomic mass is 127. The molecule has 0 bridgehead atoms. The molecule has 0 aliphatic carbocycles. The van der Waals surface area contributed by atoms with E-state index in [0.717, 1.165) is 27.9 Å². The molecule has 1 aliphatic heterocycles. The van der Waals surface area contributed by atoms with Crippen molar-refractivity contribution >= 4 is 34.2 Å². The third kappa shape index (κ3) is 4.76. The van der Waals surface area contributed by atoms with Crippen LogP contribution in [0.25, 0.3) is 0 Å². The molecule has 0 saturated carbocycles. The number of nitrogens with one attached hydrogen (secondary N) is 1. The fourth-order valence-electron chi connectivity index (χ4n) is 2.65.